The average molecular weight is 363 g/mol. The summed E-state index contributed by atoms with van der Waals surface area (Å²) >= 11 is 0. The molecule has 1 amide bonds. The van der Waals surface area contributed by atoms with E-state index in [9.17, 15) is 14.9 Å². The Morgan fingerprint density at radius 3 is 2.48 bits per heavy atom. The number of nitro groups is 1. The van der Waals surface area contributed by atoms with E-state index in [1.807, 2.05) is 24.3 Å². The van der Waals surface area contributed by atoms with Gasteiger partial charge in [0.1, 0.15) is 12.0 Å². The molecule has 0 bridgehead atoms. The van der Waals surface area contributed by atoms with Gasteiger partial charge in [-0.25, -0.2) is 4.98 Å². The molecule has 27 heavy (non-hydrogen) atoms. The number of carbonyl (C=O) groups excluding carboxylic acids is 1. The number of nitrogens with one attached hydrogen (secondary N) is 2. The fourth-order valence-corrected chi connectivity index (χ4v) is 2.44. The molecule has 3 rings (SSSR count). The summed E-state index contributed by atoms with van der Waals surface area (Å²) in [6, 6.07) is 12.3. The van der Waals surface area contributed by atoms with Gasteiger partial charge in [0.15, 0.2) is 0 Å². The molecule has 0 radical (unpaired) electrons. The number of amides is 1. The van der Waals surface area contributed by atoms with Crippen LogP contribution in [0.5, 0.6) is 0 Å². The monoisotopic (exact) mass is 363 g/mol. The van der Waals surface area contributed by atoms with Gasteiger partial charge in [-0.3, -0.25) is 19.9 Å². The first-order chi connectivity index (χ1) is 13.0. The minimum Gasteiger partial charge on any atom is -0.366 e. The Kier molecular flexibility index (Phi) is 5.36. The number of anilines is 2. The first-order valence-electron chi connectivity index (χ1n) is 8.18. The van der Waals surface area contributed by atoms with Gasteiger partial charge in [0.2, 0.25) is 0 Å². The van der Waals surface area contributed by atoms with Gasteiger partial charge in [-0.05, 0) is 42.8 Å². The third-order valence-electron chi connectivity index (χ3n) is 3.91. The van der Waals surface area contributed by atoms with Crippen molar-refractivity contribution in [2.24, 2.45) is 0 Å². The van der Waals surface area contributed by atoms with E-state index in [0.29, 0.717) is 29.2 Å². The summed E-state index contributed by atoms with van der Waals surface area (Å²) in [4.78, 5) is 30.4. The van der Waals surface area contributed by atoms with E-state index < -0.39 is 4.92 Å². The Hall–Kier alpha value is -3.81. The number of hydrogen-bond donors (Lipinski definition) is 2. The molecule has 1 aromatic carbocycles. The van der Waals surface area contributed by atoms with Crippen LogP contribution in [0.3, 0.4) is 0 Å². The smallest absolute Gasteiger partial charge is 0.290 e. The van der Waals surface area contributed by atoms with Gasteiger partial charge in [0.25, 0.3) is 11.6 Å². The maximum Gasteiger partial charge on any atom is 0.290 e. The summed E-state index contributed by atoms with van der Waals surface area (Å²) in [7, 11) is 0. The minimum atomic E-state index is -0.453. The standard InChI is InChI=1S/C19H17N5O3/c1-13-10-18(22-12-17(13)24(26)27)21-11-14-2-4-16(5-3-14)23-19(25)15-6-8-20-9-7-15/h2-10,12H,11H2,1H3,(H,21,22)(H,23,25). The van der Waals surface area contributed by atoms with Crippen LogP contribution < -0.4 is 10.6 Å². The van der Waals surface area contributed by atoms with Gasteiger partial charge in [0.05, 0.1) is 4.92 Å². The fourth-order valence-electron chi connectivity index (χ4n) is 2.44. The fraction of sp³-hybridized carbons (Fsp3) is 0.105. The second kappa shape index (κ2) is 8.05. The van der Waals surface area contributed by atoms with Crippen LogP contribution in [0.4, 0.5) is 17.2 Å². The molecule has 3 aromatic rings. The summed E-state index contributed by atoms with van der Waals surface area (Å²) in [6.07, 6.45) is 4.38. The number of benzene rings is 1. The van der Waals surface area contributed by atoms with Gasteiger partial charge in [0, 0.05) is 35.8 Å². The average Bonchev–Trinajstić information content (AvgIpc) is 2.68. The van der Waals surface area contributed by atoms with E-state index in [0.717, 1.165) is 5.56 Å². The molecule has 8 heteroatoms. The molecule has 0 fully saturated rings. The second-order valence-electron chi connectivity index (χ2n) is 5.85. The van der Waals surface area contributed by atoms with Crippen molar-refractivity contribution in [1.82, 2.24) is 9.97 Å². The van der Waals surface area contributed by atoms with Crippen LogP contribution in [-0.4, -0.2) is 20.8 Å². The van der Waals surface area contributed by atoms with Crippen molar-refractivity contribution < 1.29 is 9.72 Å². The lowest BCUT2D eigenvalue weighted by Crippen LogP contribution is -2.11. The summed E-state index contributed by atoms with van der Waals surface area (Å²) in [6.45, 7) is 2.17. The van der Waals surface area contributed by atoms with Crippen molar-refractivity contribution >= 4 is 23.1 Å². The molecule has 0 atom stereocenters. The Labute approximate surface area is 155 Å². The molecule has 2 aromatic heterocycles. The molecule has 2 heterocycles. The Bertz CT molecular complexity index is 959. The molecule has 0 spiro atoms. The molecule has 2 N–H and O–H groups in total. The molecule has 0 aliphatic carbocycles. The van der Waals surface area contributed by atoms with E-state index in [1.54, 1.807) is 37.5 Å². The van der Waals surface area contributed by atoms with Crippen molar-refractivity contribution in [3.05, 3.63) is 87.9 Å². The first kappa shape index (κ1) is 18.0. The Morgan fingerprint density at radius 1 is 1.15 bits per heavy atom. The predicted molar refractivity (Wildman–Crippen MR) is 102 cm³/mol. The Balaban J connectivity index is 1.59. The van der Waals surface area contributed by atoms with Crippen molar-refractivity contribution in [3.8, 4) is 0 Å². The highest BCUT2D eigenvalue weighted by molar-refractivity contribution is 6.04. The topological polar surface area (TPSA) is 110 Å². The zero-order valence-electron chi connectivity index (χ0n) is 14.5. The van der Waals surface area contributed by atoms with Crippen molar-refractivity contribution in [2.75, 3.05) is 10.6 Å². The maximum absolute atomic E-state index is 12.1. The zero-order valence-corrected chi connectivity index (χ0v) is 14.5. The van der Waals surface area contributed by atoms with E-state index in [2.05, 4.69) is 20.6 Å². The summed E-state index contributed by atoms with van der Waals surface area (Å²) in [5, 5.41) is 16.8. The van der Waals surface area contributed by atoms with Crippen LogP contribution in [0.1, 0.15) is 21.5 Å². The number of rotatable bonds is 6. The Morgan fingerprint density at radius 2 is 1.85 bits per heavy atom. The third kappa shape index (κ3) is 4.63. The number of nitrogens with zero attached hydrogens (tertiary/aromatic N) is 3. The molecule has 136 valence electrons. The SMILES string of the molecule is Cc1cc(NCc2ccc(NC(=O)c3ccncc3)cc2)ncc1[N+](=O)[O-]. The predicted octanol–water partition coefficient (Wildman–Crippen LogP) is 3.56. The molecule has 0 saturated carbocycles. The molecule has 0 aliphatic rings. The summed E-state index contributed by atoms with van der Waals surface area (Å²) < 4.78 is 0. The highest BCUT2D eigenvalue weighted by atomic mass is 16.6. The van der Waals surface area contributed by atoms with Crippen LogP contribution in [0.2, 0.25) is 0 Å². The van der Waals surface area contributed by atoms with Crippen LogP contribution in [0.15, 0.2) is 61.1 Å². The number of hydrogen-bond acceptors (Lipinski definition) is 6. The lowest BCUT2D eigenvalue weighted by atomic mass is 10.2. The van der Waals surface area contributed by atoms with Gasteiger partial charge in [-0.15, -0.1) is 0 Å². The number of carbonyl (C=O) groups is 1. The van der Waals surface area contributed by atoms with Gasteiger partial charge < -0.3 is 10.6 Å². The van der Waals surface area contributed by atoms with E-state index in [4.69, 9.17) is 0 Å². The molecule has 0 saturated heterocycles. The van der Waals surface area contributed by atoms with Crippen LogP contribution >= 0.6 is 0 Å². The van der Waals surface area contributed by atoms with Gasteiger partial charge in [-0.1, -0.05) is 12.1 Å². The highest BCUT2D eigenvalue weighted by Crippen LogP contribution is 2.19. The highest BCUT2D eigenvalue weighted by Gasteiger charge is 2.11. The van der Waals surface area contributed by atoms with Crippen LogP contribution in [0.25, 0.3) is 0 Å². The van der Waals surface area contributed by atoms with Crippen LogP contribution in [-0.2, 0) is 6.54 Å². The first-order valence-corrected chi connectivity index (χ1v) is 8.18. The van der Waals surface area contributed by atoms with E-state index in [-0.39, 0.29) is 11.6 Å². The lowest BCUT2D eigenvalue weighted by molar-refractivity contribution is -0.385. The van der Waals surface area contributed by atoms with Crippen LogP contribution in [0, 0.1) is 17.0 Å². The second-order valence-corrected chi connectivity index (χ2v) is 5.85. The molecule has 8 nitrogen and oxygen atoms in total. The third-order valence-corrected chi connectivity index (χ3v) is 3.91. The molecule has 0 unspecified atom stereocenters. The summed E-state index contributed by atoms with van der Waals surface area (Å²) in [5.41, 5.74) is 2.75. The van der Waals surface area contributed by atoms with Crippen molar-refractivity contribution in [1.29, 1.82) is 0 Å². The summed E-state index contributed by atoms with van der Waals surface area (Å²) in [5.74, 6) is 0.363. The van der Waals surface area contributed by atoms with Gasteiger partial charge >= 0.3 is 0 Å². The van der Waals surface area contributed by atoms with Gasteiger partial charge in [-0.2, -0.15) is 0 Å². The van der Waals surface area contributed by atoms with Crippen molar-refractivity contribution in [2.45, 2.75) is 13.5 Å². The largest absolute Gasteiger partial charge is 0.366 e. The number of pyridine rings is 2. The number of aryl methyl sites for hydroxylation is 1. The maximum atomic E-state index is 12.1. The van der Waals surface area contributed by atoms with Crippen molar-refractivity contribution in [3.63, 3.8) is 0 Å². The normalized spacial score (nSPS) is 10.3. The van der Waals surface area contributed by atoms with E-state index in [1.165, 1.54) is 6.20 Å². The quantitative estimate of drug-likeness (QED) is 0.512. The molecular weight excluding hydrogens is 346 g/mol. The zero-order chi connectivity index (χ0) is 19.2. The minimum absolute atomic E-state index is 0.00478. The molecule has 0 aliphatic heterocycles. The number of aromatic nitrogens is 2. The lowest BCUT2D eigenvalue weighted by Gasteiger charge is -2.09. The molecular formula is C19H17N5O3. The van der Waals surface area contributed by atoms with E-state index >= 15 is 0 Å².